The molecule has 2 N–H and O–H groups in total. The quantitative estimate of drug-likeness (QED) is 0.840. The summed E-state index contributed by atoms with van der Waals surface area (Å²) < 4.78 is 62.8. The number of sulfone groups is 1. The van der Waals surface area contributed by atoms with E-state index in [4.69, 9.17) is 5.73 Å². The van der Waals surface area contributed by atoms with Gasteiger partial charge in [-0.05, 0) is 18.6 Å². The number of halogens is 1. The summed E-state index contributed by atoms with van der Waals surface area (Å²) in [7, 11) is -5.89. The summed E-state index contributed by atoms with van der Waals surface area (Å²) in [6.07, 6.45) is 0.241. The van der Waals surface area contributed by atoms with Crippen LogP contribution in [0.3, 0.4) is 0 Å². The molecule has 118 valence electrons. The minimum atomic E-state index is -3.99. The highest BCUT2D eigenvalue weighted by Crippen LogP contribution is 2.26. The molecule has 0 aromatic heterocycles. The zero-order valence-corrected chi connectivity index (χ0v) is 13.1. The van der Waals surface area contributed by atoms with E-state index in [9.17, 15) is 21.2 Å². The van der Waals surface area contributed by atoms with Crippen LogP contribution in [0.25, 0.3) is 0 Å². The van der Waals surface area contributed by atoms with E-state index >= 15 is 0 Å². The van der Waals surface area contributed by atoms with Gasteiger partial charge in [0, 0.05) is 25.2 Å². The lowest BCUT2D eigenvalue weighted by molar-refractivity contribution is 0.393. The summed E-state index contributed by atoms with van der Waals surface area (Å²) in [5, 5.41) is 0. The van der Waals surface area contributed by atoms with E-state index < -0.39 is 31.7 Å². The molecule has 1 unspecified atom stereocenters. The summed E-state index contributed by atoms with van der Waals surface area (Å²) >= 11 is 0. The first kappa shape index (κ1) is 16.3. The van der Waals surface area contributed by atoms with Crippen LogP contribution in [-0.2, 0) is 26.4 Å². The Kier molecular flexibility index (Phi) is 4.39. The molecule has 0 spiro atoms. The van der Waals surface area contributed by atoms with Crippen LogP contribution in [0.4, 0.5) is 4.39 Å². The maximum Gasteiger partial charge on any atom is 0.243 e. The van der Waals surface area contributed by atoms with E-state index in [0.717, 1.165) is 10.4 Å². The van der Waals surface area contributed by atoms with Gasteiger partial charge in [0.2, 0.25) is 10.0 Å². The van der Waals surface area contributed by atoms with Gasteiger partial charge >= 0.3 is 0 Å². The van der Waals surface area contributed by atoms with Gasteiger partial charge in [0.1, 0.15) is 5.82 Å². The van der Waals surface area contributed by atoms with E-state index in [1.807, 2.05) is 0 Å². The Balaban J connectivity index is 2.41. The first-order valence-electron chi connectivity index (χ1n) is 6.35. The Labute approximate surface area is 123 Å². The number of nitrogens with zero attached hydrogens (tertiary/aromatic N) is 1. The van der Waals surface area contributed by atoms with E-state index in [1.165, 1.54) is 19.2 Å². The molecule has 1 aromatic rings. The lowest BCUT2D eigenvalue weighted by atomic mass is 10.2. The first-order valence-corrected chi connectivity index (χ1v) is 9.61. The highest BCUT2D eigenvalue weighted by atomic mass is 32.2. The highest BCUT2D eigenvalue weighted by Gasteiger charge is 2.37. The number of rotatable bonds is 4. The van der Waals surface area contributed by atoms with Gasteiger partial charge in [-0.3, -0.25) is 0 Å². The second-order valence-electron chi connectivity index (χ2n) is 5.00. The Morgan fingerprint density at radius 3 is 2.62 bits per heavy atom. The van der Waals surface area contributed by atoms with Gasteiger partial charge in [-0.15, -0.1) is 0 Å². The van der Waals surface area contributed by atoms with Crippen molar-refractivity contribution in [1.82, 2.24) is 4.31 Å². The van der Waals surface area contributed by atoms with E-state index in [-0.39, 0.29) is 34.9 Å². The van der Waals surface area contributed by atoms with E-state index in [1.54, 1.807) is 0 Å². The summed E-state index contributed by atoms with van der Waals surface area (Å²) in [5.74, 6) is -0.938. The van der Waals surface area contributed by atoms with Crippen molar-refractivity contribution < 1.29 is 21.2 Å². The fourth-order valence-corrected chi connectivity index (χ4v) is 5.89. The van der Waals surface area contributed by atoms with Crippen molar-refractivity contribution in [2.24, 2.45) is 5.73 Å². The molecule has 1 aromatic carbocycles. The standard InChI is InChI=1S/C12H17FN2O4S2/c1-15(9-5-6-20(16,17)8-9)21(18,19)12-4-2-3-11(13)10(12)7-14/h2-4,9H,5-8,14H2,1H3. The second kappa shape index (κ2) is 5.64. The summed E-state index contributed by atoms with van der Waals surface area (Å²) in [5.41, 5.74) is 5.33. The molecule has 0 bridgehead atoms. The molecule has 1 fully saturated rings. The number of nitrogens with two attached hydrogens (primary N) is 1. The largest absolute Gasteiger partial charge is 0.326 e. The molecule has 21 heavy (non-hydrogen) atoms. The fourth-order valence-electron chi connectivity index (χ4n) is 2.39. The topological polar surface area (TPSA) is 97.5 Å². The van der Waals surface area contributed by atoms with Crippen molar-refractivity contribution in [2.45, 2.75) is 23.9 Å². The van der Waals surface area contributed by atoms with E-state index in [2.05, 4.69) is 0 Å². The van der Waals surface area contributed by atoms with Gasteiger partial charge in [-0.2, -0.15) is 4.31 Å². The molecule has 6 nitrogen and oxygen atoms in total. The Hall–Kier alpha value is -1.03. The third kappa shape index (κ3) is 3.10. The molecule has 0 radical (unpaired) electrons. The van der Waals surface area contributed by atoms with Crippen molar-refractivity contribution in [2.75, 3.05) is 18.6 Å². The Morgan fingerprint density at radius 2 is 2.10 bits per heavy atom. The number of benzene rings is 1. The zero-order valence-electron chi connectivity index (χ0n) is 11.5. The molecule has 1 saturated heterocycles. The minimum Gasteiger partial charge on any atom is -0.326 e. The normalized spacial score (nSPS) is 21.8. The van der Waals surface area contributed by atoms with Crippen LogP contribution in [0.2, 0.25) is 0 Å². The molecule has 2 rings (SSSR count). The van der Waals surface area contributed by atoms with Crippen LogP contribution in [0, 0.1) is 5.82 Å². The SMILES string of the molecule is CN(C1CCS(=O)(=O)C1)S(=O)(=O)c1cccc(F)c1CN. The molecule has 9 heteroatoms. The molecular weight excluding hydrogens is 319 g/mol. The van der Waals surface area contributed by atoms with Gasteiger partial charge in [-0.1, -0.05) is 6.07 Å². The number of hydrogen-bond donors (Lipinski definition) is 1. The van der Waals surface area contributed by atoms with Crippen LogP contribution >= 0.6 is 0 Å². The summed E-state index contributed by atoms with van der Waals surface area (Å²) in [6, 6.07) is 3.08. The maximum atomic E-state index is 13.7. The fraction of sp³-hybridized carbons (Fsp3) is 0.500. The van der Waals surface area contributed by atoms with Crippen LogP contribution in [0.15, 0.2) is 23.1 Å². The van der Waals surface area contributed by atoms with Crippen LogP contribution in [0.1, 0.15) is 12.0 Å². The summed E-state index contributed by atoms with van der Waals surface area (Å²) in [6.45, 7) is -0.252. The van der Waals surface area contributed by atoms with Crippen LogP contribution < -0.4 is 5.73 Å². The zero-order chi connectivity index (χ0) is 15.8. The average molecular weight is 336 g/mol. The first-order chi connectivity index (χ1) is 9.69. The van der Waals surface area contributed by atoms with Crippen LogP contribution in [0.5, 0.6) is 0 Å². The lowest BCUT2D eigenvalue weighted by Crippen LogP contribution is -2.38. The maximum absolute atomic E-state index is 13.7. The third-order valence-electron chi connectivity index (χ3n) is 3.66. The monoisotopic (exact) mass is 336 g/mol. The molecule has 1 aliphatic rings. The minimum absolute atomic E-state index is 0.0373. The van der Waals surface area contributed by atoms with Gasteiger partial charge < -0.3 is 5.73 Å². The molecule has 0 saturated carbocycles. The Bertz CT molecular complexity index is 747. The Morgan fingerprint density at radius 1 is 1.43 bits per heavy atom. The number of sulfonamides is 1. The lowest BCUT2D eigenvalue weighted by Gasteiger charge is -2.24. The van der Waals surface area contributed by atoms with E-state index in [0.29, 0.717) is 0 Å². The van der Waals surface area contributed by atoms with Crippen molar-refractivity contribution in [3.05, 3.63) is 29.6 Å². The smallest absolute Gasteiger partial charge is 0.243 e. The third-order valence-corrected chi connectivity index (χ3v) is 7.40. The van der Waals surface area contributed by atoms with Gasteiger partial charge in [0.25, 0.3) is 0 Å². The van der Waals surface area contributed by atoms with Gasteiger partial charge in [-0.25, -0.2) is 21.2 Å². The van der Waals surface area contributed by atoms with Gasteiger partial charge in [0.05, 0.1) is 16.4 Å². The number of hydrogen-bond acceptors (Lipinski definition) is 5. The van der Waals surface area contributed by atoms with Crippen LogP contribution in [-0.4, -0.2) is 45.7 Å². The predicted octanol–water partition coefficient (Wildman–Crippen LogP) is 0.0920. The second-order valence-corrected chi connectivity index (χ2v) is 9.19. The van der Waals surface area contributed by atoms with Crippen molar-refractivity contribution in [3.8, 4) is 0 Å². The molecule has 0 aliphatic carbocycles. The molecule has 1 aliphatic heterocycles. The molecule has 0 amide bonds. The highest BCUT2D eigenvalue weighted by molar-refractivity contribution is 7.92. The molecule has 1 heterocycles. The average Bonchev–Trinajstić information content (AvgIpc) is 2.77. The van der Waals surface area contributed by atoms with Crippen molar-refractivity contribution in [3.63, 3.8) is 0 Å². The van der Waals surface area contributed by atoms with Gasteiger partial charge in [0.15, 0.2) is 9.84 Å². The predicted molar refractivity (Wildman–Crippen MR) is 76.3 cm³/mol. The van der Waals surface area contributed by atoms with Crippen molar-refractivity contribution >= 4 is 19.9 Å². The van der Waals surface area contributed by atoms with Crippen molar-refractivity contribution in [1.29, 1.82) is 0 Å². The molecule has 1 atom stereocenters. The summed E-state index contributed by atoms with van der Waals surface area (Å²) in [4.78, 5) is -0.211. The molecular formula is C12H17FN2O4S2.